The van der Waals surface area contributed by atoms with E-state index in [0.29, 0.717) is 17.2 Å². The van der Waals surface area contributed by atoms with Crippen molar-refractivity contribution in [1.29, 1.82) is 0 Å². The van der Waals surface area contributed by atoms with Crippen molar-refractivity contribution in [2.24, 2.45) is 0 Å². The van der Waals surface area contributed by atoms with E-state index in [1.54, 1.807) is 6.07 Å². The Kier molecular flexibility index (Phi) is 5.72. The smallest absolute Gasteiger partial charge is 0.159 e. The van der Waals surface area contributed by atoms with Crippen LogP contribution in [0.4, 0.5) is 8.78 Å². The van der Waals surface area contributed by atoms with Gasteiger partial charge in [0.05, 0.1) is 5.69 Å². The first-order chi connectivity index (χ1) is 15.2. The van der Waals surface area contributed by atoms with E-state index < -0.39 is 11.6 Å². The fourth-order valence-electron chi connectivity index (χ4n) is 4.68. The maximum Gasteiger partial charge on any atom is 0.159 e. The fraction of sp³-hybridized carbons (Fsp3) is 0.400. The topological polar surface area (TPSA) is 41.9 Å². The van der Waals surface area contributed by atoms with Gasteiger partial charge in [-0.3, -0.25) is 9.88 Å². The van der Waals surface area contributed by atoms with Crippen molar-refractivity contribution < 1.29 is 8.78 Å². The van der Waals surface area contributed by atoms with Crippen molar-refractivity contribution in [2.45, 2.75) is 57.5 Å². The zero-order valence-electron chi connectivity index (χ0n) is 17.5. The number of nitrogens with zero attached hydrogens (tertiary/aromatic N) is 4. The Morgan fingerprint density at radius 2 is 1.81 bits per heavy atom. The van der Waals surface area contributed by atoms with Crippen molar-refractivity contribution in [3.63, 3.8) is 0 Å². The van der Waals surface area contributed by atoms with E-state index in [1.807, 2.05) is 24.5 Å². The summed E-state index contributed by atoms with van der Waals surface area (Å²) in [6.07, 6.45) is 11.2. The Morgan fingerprint density at radius 1 is 0.935 bits per heavy atom. The minimum Gasteiger partial charge on any atom is -0.294 e. The number of halogens is 2. The minimum atomic E-state index is -0.857. The molecule has 1 aliphatic heterocycles. The SMILES string of the molecule is Fc1ccc(-c2ccc(CN3CCc4nc(C5CCCCC5)ncc4C3)cn2)cc1F. The van der Waals surface area contributed by atoms with Gasteiger partial charge in [0.2, 0.25) is 0 Å². The summed E-state index contributed by atoms with van der Waals surface area (Å²) in [4.78, 5) is 16.5. The molecular formula is C25H26F2N4. The molecule has 0 radical (unpaired) electrons. The van der Waals surface area contributed by atoms with Gasteiger partial charge in [0.1, 0.15) is 5.82 Å². The van der Waals surface area contributed by atoms with Crippen LogP contribution in [0.2, 0.25) is 0 Å². The van der Waals surface area contributed by atoms with Gasteiger partial charge in [-0.25, -0.2) is 18.7 Å². The van der Waals surface area contributed by atoms with E-state index in [1.165, 1.54) is 49.4 Å². The lowest BCUT2D eigenvalue weighted by Crippen LogP contribution is -2.31. The second kappa shape index (κ2) is 8.79. The highest BCUT2D eigenvalue weighted by Gasteiger charge is 2.22. The standard InChI is InChI=1S/C25H26F2N4/c26-21-8-7-19(12-22(21)27)23-9-6-17(13-28-23)15-31-11-10-24-20(16-31)14-29-25(30-24)18-4-2-1-3-5-18/h6-9,12-14,18H,1-5,10-11,15-16H2. The van der Waals surface area contributed by atoms with Gasteiger partial charge >= 0.3 is 0 Å². The Morgan fingerprint density at radius 3 is 2.58 bits per heavy atom. The number of hydrogen-bond acceptors (Lipinski definition) is 4. The largest absolute Gasteiger partial charge is 0.294 e. The van der Waals surface area contributed by atoms with E-state index in [0.717, 1.165) is 43.5 Å². The molecule has 0 N–H and O–H groups in total. The lowest BCUT2D eigenvalue weighted by atomic mass is 9.88. The number of hydrogen-bond donors (Lipinski definition) is 0. The van der Waals surface area contributed by atoms with Crippen molar-refractivity contribution in [2.75, 3.05) is 6.54 Å². The van der Waals surface area contributed by atoms with Gasteiger partial charge in [-0.15, -0.1) is 0 Å². The predicted molar refractivity (Wildman–Crippen MR) is 115 cm³/mol. The summed E-state index contributed by atoms with van der Waals surface area (Å²) in [5.41, 5.74) is 4.73. The molecule has 31 heavy (non-hydrogen) atoms. The molecule has 2 aromatic heterocycles. The first-order valence-electron chi connectivity index (χ1n) is 11.1. The molecule has 1 saturated carbocycles. The quantitative estimate of drug-likeness (QED) is 0.565. The summed E-state index contributed by atoms with van der Waals surface area (Å²) in [5, 5.41) is 0. The number of aromatic nitrogens is 3. The number of fused-ring (bicyclic) bond motifs is 1. The zero-order chi connectivity index (χ0) is 21.2. The molecule has 1 aliphatic carbocycles. The van der Waals surface area contributed by atoms with Gasteiger partial charge in [0.25, 0.3) is 0 Å². The minimum absolute atomic E-state index is 0.538. The van der Waals surface area contributed by atoms with Gasteiger partial charge in [-0.1, -0.05) is 25.3 Å². The average molecular weight is 421 g/mol. The third kappa shape index (κ3) is 4.49. The van der Waals surface area contributed by atoms with Crippen LogP contribution >= 0.6 is 0 Å². The molecule has 0 bridgehead atoms. The number of benzene rings is 1. The molecule has 2 aliphatic rings. The molecule has 0 unspecified atom stereocenters. The maximum atomic E-state index is 13.5. The Labute approximate surface area is 181 Å². The molecule has 1 fully saturated rings. The molecule has 3 aromatic rings. The molecule has 0 atom stereocenters. The van der Waals surface area contributed by atoms with Gasteiger partial charge in [-0.2, -0.15) is 0 Å². The Balaban J connectivity index is 1.24. The van der Waals surface area contributed by atoms with E-state index in [-0.39, 0.29) is 0 Å². The van der Waals surface area contributed by atoms with Crippen LogP contribution in [-0.4, -0.2) is 26.4 Å². The third-order valence-electron chi connectivity index (χ3n) is 6.45. The highest BCUT2D eigenvalue weighted by atomic mass is 19.2. The molecule has 0 spiro atoms. The molecule has 5 rings (SSSR count). The Hall–Kier alpha value is -2.73. The van der Waals surface area contributed by atoms with Gasteiger partial charge in [0, 0.05) is 61.2 Å². The van der Waals surface area contributed by atoms with E-state index >= 15 is 0 Å². The normalized spacial score (nSPS) is 17.5. The van der Waals surface area contributed by atoms with E-state index in [4.69, 9.17) is 9.97 Å². The van der Waals surface area contributed by atoms with Crippen molar-refractivity contribution >= 4 is 0 Å². The fourth-order valence-corrected chi connectivity index (χ4v) is 4.68. The molecule has 3 heterocycles. The molecule has 6 heteroatoms. The van der Waals surface area contributed by atoms with Crippen LogP contribution in [0.5, 0.6) is 0 Å². The Bertz CT molecular complexity index is 1060. The summed E-state index contributed by atoms with van der Waals surface area (Å²) in [7, 11) is 0. The average Bonchev–Trinajstić information content (AvgIpc) is 2.82. The van der Waals surface area contributed by atoms with Gasteiger partial charge in [-0.05, 0) is 42.7 Å². The molecule has 0 saturated heterocycles. The van der Waals surface area contributed by atoms with Crippen LogP contribution < -0.4 is 0 Å². The van der Waals surface area contributed by atoms with Crippen molar-refractivity contribution in [3.8, 4) is 11.3 Å². The van der Waals surface area contributed by atoms with Crippen LogP contribution in [0.25, 0.3) is 11.3 Å². The molecule has 4 nitrogen and oxygen atoms in total. The van der Waals surface area contributed by atoms with Crippen LogP contribution in [0.15, 0.2) is 42.7 Å². The highest BCUT2D eigenvalue weighted by molar-refractivity contribution is 5.59. The van der Waals surface area contributed by atoms with E-state index in [9.17, 15) is 8.78 Å². The van der Waals surface area contributed by atoms with Crippen molar-refractivity contribution in [1.82, 2.24) is 19.9 Å². The number of rotatable bonds is 4. The highest BCUT2D eigenvalue weighted by Crippen LogP contribution is 2.31. The van der Waals surface area contributed by atoms with E-state index in [2.05, 4.69) is 9.88 Å². The number of pyridine rings is 1. The summed E-state index contributed by atoms with van der Waals surface area (Å²) in [6.45, 7) is 2.58. The zero-order valence-corrected chi connectivity index (χ0v) is 17.5. The third-order valence-corrected chi connectivity index (χ3v) is 6.45. The summed E-state index contributed by atoms with van der Waals surface area (Å²) in [5.74, 6) is -0.120. The van der Waals surface area contributed by atoms with Crippen LogP contribution in [0.3, 0.4) is 0 Å². The predicted octanol–water partition coefficient (Wildman–Crippen LogP) is 5.42. The second-order valence-corrected chi connectivity index (χ2v) is 8.68. The monoisotopic (exact) mass is 420 g/mol. The van der Waals surface area contributed by atoms with Crippen molar-refractivity contribution in [3.05, 3.63) is 77.0 Å². The first-order valence-corrected chi connectivity index (χ1v) is 11.1. The summed E-state index contributed by atoms with van der Waals surface area (Å²) < 4.78 is 26.6. The first kappa shape index (κ1) is 20.2. The lowest BCUT2D eigenvalue weighted by molar-refractivity contribution is 0.242. The maximum absolute atomic E-state index is 13.5. The molecule has 0 amide bonds. The van der Waals surface area contributed by atoms with Crippen LogP contribution in [-0.2, 0) is 19.5 Å². The van der Waals surface area contributed by atoms with Crippen LogP contribution in [0, 0.1) is 11.6 Å². The van der Waals surface area contributed by atoms with Gasteiger partial charge < -0.3 is 0 Å². The van der Waals surface area contributed by atoms with Crippen LogP contribution in [0.1, 0.15) is 60.7 Å². The molecular weight excluding hydrogens is 394 g/mol. The molecule has 1 aromatic carbocycles. The van der Waals surface area contributed by atoms with Gasteiger partial charge in [0.15, 0.2) is 11.6 Å². The second-order valence-electron chi connectivity index (χ2n) is 8.68. The molecule has 160 valence electrons. The summed E-state index contributed by atoms with van der Waals surface area (Å²) >= 11 is 0. The summed E-state index contributed by atoms with van der Waals surface area (Å²) in [6, 6.07) is 7.72. The lowest BCUT2D eigenvalue weighted by Gasteiger charge is -2.29.